The molecule has 2 amide bonds. The molecule has 5 nitrogen and oxygen atoms in total. The van der Waals surface area contributed by atoms with Crippen molar-refractivity contribution in [2.45, 2.75) is 25.9 Å². The molecule has 80 valence electrons. The summed E-state index contributed by atoms with van der Waals surface area (Å²) in [5.74, 6) is -0.164. The van der Waals surface area contributed by atoms with E-state index in [9.17, 15) is 9.59 Å². The van der Waals surface area contributed by atoms with Crippen LogP contribution < -0.4 is 5.73 Å². The highest BCUT2D eigenvalue weighted by Gasteiger charge is 2.39. The first-order valence-electron chi connectivity index (χ1n) is 4.80. The summed E-state index contributed by atoms with van der Waals surface area (Å²) in [6.07, 6.45) is 0. The van der Waals surface area contributed by atoms with Crippen molar-refractivity contribution >= 4 is 11.8 Å². The second-order valence-corrected chi connectivity index (χ2v) is 3.63. The molecule has 1 aliphatic rings. The summed E-state index contributed by atoms with van der Waals surface area (Å²) in [6, 6.07) is -0.788. The van der Waals surface area contributed by atoms with Gasteiger partial charge in [0.05, 0.1) is 0 Å². The van der Waals surface area contributed by atoms with Gasteiger partial charge >= 0.3 is 0 Å². The van der Waals surface area contributed by atoms with Crippen LogP contribution in [0.3, 0.4) is 0 Å². The van der Waals surface area contributed by atoms with Crippen LogP contribution in [0.15, 0.2) is 0 Å². The summed E-state index contributed by atoms with van der Waals surface area (Å²) in [6.45, 7) is 4.77. The number of nitrogens with zero attached hydrogens (tertiary/aromatic N) is 2. The molecule has 14 heavy (non-hydrogen) atoms. The standard InChI is InChI=1S/C9H17N3O2/c1-4-11(3)8(13)6(2)12-5-7(10)9(12)14/h6-7H,4-5,10H2,1-3H3. The van der Waals surface area contributed by atoms with Gasteiger partial charge in [-0.1, -0.05) is 0 Å². The van der Waals surface area contributed by atoms with Gasteiger partial charge in [-0.15, -0.1) is 0 Å². The van der Waals surface area contributed by atoms with Gasteiger partial charge < -0.3 is 15.5 Å². The van der Waals surface area contributed by atoms with Gasteiger partial charge in [0.15, 0.2) is 0 Å². The predicted molar refractivity (Wildman–Crippen MR) is 52.5 cm³/mol. The van der Waals surface area contributed by atoms with Crippen molar-refractivity contribution in [3.05, 3.63) is 0 Å². The first-order valence-corrected chi connectivity index (χ1v) is 4.80. The molecule has 0 aromatic rings. The van der Waals surface area contributed by atoms with E-state index in [2.05, 4.69) is 0 Å². The Balaban J connectivity index is 2.54. The second-order valence-electron chi connectivity index (χ2n) is 3.63. The lowest BCUT2D eigenvalue weighted by atomic mass is 10.1. The van der Waals surface area contributed by atoms with Crippen LogP contribution in [0.1, 0.15) is 13.8 Å². The van der Waals surface area contributed by atoms with Crippen LogP contribution in [0.5, 0.6) is 0 Å². The summed E-state index contributed by atoms with van der Waals surface area (Å²) in [4.78, 5) is 26.0. The summed E-state index contributed by atoms with van der Waals surface area (Å²) < 4.78 is 0. The smallest absolute Gasteiger partial charge is 0.244 e. The van der Waals surface area contributed by atoms with E-state index in [0.717, 1.165) is 0 Å². The zero-order valence-corrected chi connectivity index (χ0v) is 8.86. The van der Waals surface area contributed by atoms with Gasteiger partial charge in [-0.25, -0.2) is 0 Å². The molecule has 0 spiro atoms. The number of likely N-dealkylation sites (N-methyl/N-ethyl adjacent to an activating group) is 1. The molecule has 0 saturated carbocycles. The Labute approximate surface area is 83.8 Å². The van der Waals surface area contributed by atoms with Crippen LogP contribution in [0.25, 0.3) is 0 Å². The summed E-state index contributed by atoms with van der Waals surface area (Å²) in [7, 11) is 1.73. The molecular weight excluding hydrogens is 182 g/mol. The van der Waals surface area contributed by atoms with Gasteiger partial charge in [-0.05, 0) is 13.8 Å². The maximum Gasteiger partial charge on any atom is 0.244 e. The molecule has 1 rings (SSSR count). The minimum absolute atomic E-state index is 0.0345. The van der Waals surface area contributed by atoms with Crippen molar-refractivity contribution in [3.8, 4) is 0 Å². The Hall–Kier alpha value is -1.10. The zero-order valence-electron chi connectivity index (χ0n) is 8.86. The number of carbonyl (C=O) groups excluding carboxylic acids is 2. The topological polar surface area (TPSA) is 66.6 Å². The van der Waals surface area contributed by atoms with E-state index in [0.29, 0.717) is 13.1 Å². The lowest BCUT2D eigenvalue weighted by molar-refractivity contribution is -0.153. The lowest BCUT2D eigenvalue weighted by Gasteiger charge is -2.40. The molecule has 0 aliphatic carbocycles. The van der Waals surface area contributed by atoms with Crippen molar-refractivity contribution in [2.24, 2.45) is 5.73 Å². The molecule has 1 heterocycles. The van der Waals surface area contributed by atoms with Gasteiger partial charge in [0.25, 0.3) is 0 Å². The van der Waals surface area contributed by atoms with Crippen LogP contribution in [0, 0.1) is 0 Å². The highest BCUT2D eigenvalue weighted by Crippen LogP contribution is 2.13. The van der Waals surface area contributed by atoms with Crippen LogP contribution >= 0.6 is 0 Å². The largest absolute Gasteiger partial charge is 0.344 e. The molecule has 2 unspecified atom stereocenters. The molecule has 0 aromatic carbocycles. The van der Waals surface area contributed by atoms with E-state index in [1.165, 1.54) is 4.90 Å². The molecule has 1 aliphatic heterocycles. The third-order valence-electron chi connectivity index (χ3n) is 2.67. The van der Waals surface area contributed by atoms with Crippen LogP contribution in [0.2, 0.25) is 0 Å². The van der Waals surface area contributed by atoms with Gasteiger partial charge in [0, 0.05) is 20.1 Å². The number of amides is 2. The first kappa shape index (κ1) is 11.0. The Morgan fingerprint density at radius 1 is 1.79 bits per heavy atom. The fraction of sp³-hybridized carbons (Fsp3) is 0.778. The van der Waals surface area contributed by atoms with Crippen molar-refractivity contribution in [1.82, 2.24) is 9.80 Å². The van der Waals surface area contributed by atoms with Crippen molar-refractivity contribution in [1.29, 1.82) is 0 Å². The maximum atomic E-state index is 11.7. The number of β-lactam (4-membered cyclic amide) rings is 1. The second kappa shape index (κ2) is 3.96. The number of hydrogen-bond acceptors (Lipinski definition) is 3. The molecule has 1 saturated heterocycles. The summed E-state index contributed by atoms with van der Waals surface area (Å²) >= 11 is 0. The van der Waals surface area contributed by atoms with E-state index in [1.54, 1.807) is 18.9 Å². The molecule has 2 N–H and O–H groups in total. The Kier molecular flexibility index (Phi) is 3.10. The van der Waals surface area contributed by atoms with Gasteiger partial charge in [0.1, 0.15) is 12.1 Å². The minimum atomic E-state index is -0.405. The molecule has 0 bridgehead atoms. The number of hydrogen-bond donors (Lipinski definition) is 1. The van der Waals surface area contributed by atoms with Gasteiger partial charge in [0.2, 0.25) is 11.8 Å². The average molecular weight is 199 g/mol. The third-order valence-corrected chi connectivity index (χ3v) is 2.67. The average Bonchev–Trinajstić information content (AvgIpc) is 2.21. The summed E-state index contributed by atoms with van der Waals surface area (Å²) in [5, 5.41) is 0. The van der Waals surface area contributed by atoms with E-state index >= 15 is 0 Å². The molecule has 0 aromatic heterocycles. The molecule has 2 atom stereocenters. The van der Waals surface area contributed by atoms with Gasteiger partial charge in [-0.3, -0.25) is 9.59 Å². The molecule has 5 heteroatoms. The Bertz CT molecular complexity index is 254. The normalized spacial score (nSPS) is 23.0. The minimum Gasteiger partial charge on any atom is -0.344 e. The number of likely N-dealkylation sites (tertiary alicyclic amines) is 1. The molecule has 1 fully saturated rings. The highest BCUT2D eigenvalue weighted by atomic mass is 16.2. The van der Waals surface area contributed by atoms with Crippen LogP contribution in [-0.2, 0) is 9.59 Å². The number of carbonyl (C=O) groups is 2. The first-order chi connectivity index (χ1) is 6.49. The Morgan fingerprint density at radius 3 is 2.71 bits per heavy atom. The SMILES string of the molecule is CCN(C)C(=O)C(C)N1CC(N)C1=O. The predicted octanol–water partition coefficient (Wildman–Crippen LogP) is -0.977. The van der Waals surface area contributed by atoms with Crippen LogP contribution in [0.4, 0.5) is 0 Å². The van der Waals surface area contributed by atoms with E-state index in [4.69, 9.17) is 5.73 Å². The fourth-order valence-electron chi connectivity index (χ4n) is 1.44. The monoisotopic (exact) mass is 199 g/mol. The number of nitrogens with two attached hydrogens (primary N) is 1. The Morgan fingerprint density at radius 2 is 2.36 bits per heavy atom. The lowest BCUT2D eigenvalue weighted by Crippen LogP contribution is -2.66. The fourth-order valence-corrected chi connectivity index (χ4v) is 1.44. The van der Waals surface area contributed by atoms with E-state index in [1.807, 2.05) is 6.92 Å². The summed E-state index contributed by atoms with van der Waals surface area (Å²) in [5.41, 5.74) is 5.44. The van der Waals surface area contributed by atoms with Crippen molar-refractivity contribution in [3.63, 3.8) is 0 Å². The van der Waals surface area contributed by atoms with Crippen molar-refractivity contribution in [2.75, 3.05) is 20.1 Å². The molecule has 0 radical (unpaired) electrons. The van der Waals surface area contributed by atoms with Crippen LogP contribution in [-0.4, -0.2) is 53.8 Å². The van der Waals surface area contributed by atoms with Gasteiger partial charge in [-0.2, -0.15) is 0 Å². The van der Waals surface area contributed by atoms with E-state index in [-0.39, 0.29) is 17.9 Å². The number of rotatable bonds is 3. The van der Waals surface area contributed by atoms with Crippen molar-refractivity contribution < 1.29 is 9.59 Å². The van der Waals surface area contributed by atoms with E-state index < -0.39 is 6.04 Å². The zero-order chi connectivity index (χ0) is 10.9. The third kappa shape index (κ3) is 1.72. The quantitative estimate of drug-likeness (QED) is 0.594. The molecular formula is C9H17N3O2. The maximum absolute atomic E-state index is 11.7. The highest BCUT2D eigenvalue weighted by molar-refractivity contribution is 5.93.